The first kappa shape index (κ1) is 26.9. The summed E-state index contributed by atoms with van der Waals surface area (Å²) in [6.07, 6.45) is 3.01. The molecule has 10 heteroatoms. The molecule has 0 saturated carbocycles. The maximum Gasteiger partial charge on any atom is 0.355 e. The Balaban J connectivity index is 1.66. The van der Waals surface area contributed by atoms with E-state index in [1.165, 1.54) is 19.9 Å². The van der Waals surface area contributed by atoms with E-state index in [-0.39, 0.29) is 53.9 Å². The molecule has 3 aliphatic rings. The number of carbonyl (C=O) groups excluding carboxylic acids is 3. The Morgan fingerprint density at radius 3 is 2.71 bits per heavy atom. The van der Waals surface area contributed by atoms with Crippen molar-refractivity contribution in [1.29, 1.82) is 0 Å². The lowest BCUT2D eigenvalue weighted by molar-refractivity contribution is -0.188. The smallest absolute Gasteiger partial charge is 0.355 e. The Labute approximate surface area is 235 Å². The second-order valence-corrected chi connectivity index (χ2v) is 11.0. The van der Waals surface area contributed by atoms with Gasteiger partial charge in [0.1, 0.15) is 12.4 Å². The average Bonchev–Trinajstić information content (AvgIpc) is 3.30. The van der Waals surface area contributed by atoms with Gasteiger partial charge < -0.3 is 19.4 Å². The zero-order valence-electron chi connectivity index (χ0n) is 23.4. The van der Waals surface area contributed by atoms with E-state index in [0.717, 1.165) is 22.1 Å². The minimum Gasteiger partial charge on any atom is -0.457 e. The molecule has 1 aromatic carbocycles. The Morgan fingerprint density at radius 2 is 2.05 bits per heavy atom. The number of hydrogen-bond acceptors (Lipinski definition) is 7. The summed E-state index contributed by atoms with van der Waals surface area (Å²) in [6, 6.07) is 2.70. The van der Waals surface area contributed by atoms with Crippen LogP contribution in [0.1, 0.15) is 72.9 Å². The lowest BCUT2D eigenvalue weighted by Crippen LogP contribution is -2.47. The minimum atomic E-state index is -1.76. The molecule has 2 aromatic heterocycles. The Hall–Kier alpha value is -4.34. The van der Waals surface area contributed by atoms with E-state index in [0.29, 0.717) is 35.3 Å². The summed E-state index contributed by atoms with van der Waals surface area (Å²) in [5.41, 5.74) is 2.90. The Kier molecular flexibility index (Phi) is 6.13. The number of aromatic nitrogens is 2. The second kappa shape index (κ2) is 9.36. The SMILES string of the molecule is C=C[C@@H](NC(C)=O)[C@H]1CCc2c(C)c(F)cc3nc4c(c1c23)Cn1c-4cc2c(c1=O)COC(=O)[C@@]2(CC)OC(C)=O. The standard InChI is InChI=1S/C31H30FN3O6/c1-6-23(33-15(4)36)18-9-8-17-14(3)22(32)11-24-27(17)26(18)19-12-35-25(28(19)34-24)10-21-20(29(35)38)13-40-30(39)31(21,7-2)41-16(5)37/h6,10-11,18,23H,1,7-9,12-13H2,2-5H3,(H,33,36)/t18-,23-,31+/m1/s1. The van der Waals surface area contributed by atoms with E-state index in [9.17, 15) is 19.2 Å². The van der Waals surface area contributed by atoms with Crippen molar-refractivity contribution in [2.75, 3.05) is 0 Å². The van der Waals surface area contributed by atoms with Crippen LogP contribution in [0.2, 0.25) is 0 Å². The summed E-state index contributed by atoms with van der Waals surface area (Å²) in [5.74, 6) is -2.17. The van der Waals surface area contributed by atoms with Crippen molar-refractivity contribution < 1.29 is 28.2 Å². The van der Waals surface area contributed by atoms with Crippen LogP contribution in [0.3, 0.4) is 0 Å². The van der Waals surface area contributed by atoms with Gasteiger partial charge >= 0.3 is 11.9 Å². The fourth-order valence-corrected chi connectivity index (χ4v) is 6.91. The van der Waals surface area contributed by atoms with Crippen LogP contribution in [0.4, 0.5) is 4.39 Å². The lowest BCUT2D eigenvalue weighted by atomic mass is 9.75. The van der Waals surface area contributed by atoms with Crippen LogP contribution in [0.5, 0.6) is 0 Å². The second-order valence-electron chi connectivity index (χ2n) is 11.0. The van der Waals surface area contributed by atoms with E-state index >= 15 is 4.39 Å². The molecule has 4 heterocycles. The molecular weight excluding hydrogens is 529 g/mol. The molecule has 2 aliphatic heterocycles. The number of cyclic esters (lactones) is 1. The van der Waals surface area contributed by atoms with Gasteiger partial charge in [0.25, 0.3) is 5.56 Å². The average molecular weight is 560 g/mol. The number of hydrogen-bond donors (Lipinski definition) is 1. The van der Waals surface area contributed by atoms with Crippen molar-refractivity contribution in [3.63, 3.8) is 0 Å². The van der Waals surface area contributed by atoms with Gasteiger partial charge in [-0.25, -0.2) is 14.2 Å². The fourth-order valence-electron chi connectivity index (χ4n) is 6.91. The van der Waals surface area contributed by atoms with E-state index < -0.39 is 23.6 Å². The summed E-state index contributed by atoms with van der Waals surface area (Å²) in [7, 11) is 0. The van der Waals surface area contributed by atoms with Gasteiger partial charge in [0.2, 0.25) is 11.5 Å². The number of pyridine rings is 2. The number of carbonyl (C=O) groups is 3. The summed E-state index contributed by atoms with van der Waals surface area (Å²) in [5, 5.41) is 3.82. The molecule has 0 fully saturated rings. The number of benzene rings is 1. The normalized spacial score (nSPS) is 20.9. The van der Waals surface area contributed by atoms with Gasteiger partial charge in [-0.15, -0.1) is 6.58 Å². The van der Waals surface area contributed by atoms with Crippen molar-refractivity contribution in [3.8, 4) is 11.4 Å². The molecule has 9 nitrogen and oxygen atoms in total. The molecule has 1 amide bonds. The van der Waals surface area contributed by atoms with Crippen LogP contribution in [0, 0.1) is 12.7 Å². The maximum atomic E-state index is 15.1. The van der Waals surface area contributed by atoms with Crippen molar-refractivity contribution in [2.45, 2.75) is 77.7 Å². The molecule has 0 bridgehead atoms. The third-order valence-electron chi connectivity index (χ3n) is 8.77. The molecule has 1 aliphatic carbocycles. The van der Waals surface area contributed by atoms with Crippen molar-refractivity contribution in [1.82, 2.24) is 14.9 Å². The van der Waals surface area contributed by atoms with Gasteiger partial charge in [0, 0.05) is 42.3 Å². The fraction of sp³-hybridized carbons (Fsp3) is 0.387. The van der Waals surface area contributed by atoms with Gasteiger partial charge in [-0.3, -0.25) is 14.4 Å². The highest BCUT2D eigenvalue weighted by Gasteiger charge is 2.50. The number of ether oxygens (including phenoxy) is 2. The highest BCUT2D eigenvalue weighted by Crippen LogP contribution is 2.48. The van der Waals surface area contributed by atoms with Gasteiger partial charge in [-0.05, 0) is 48.9 Å². The van der Waals surface area contributed by atoms with Crippen LogP contribution in [0.25, 0.3) is 22.3 Å². The first-order valence-corrected chi connectivity index (χ1v) is 13.7. The third-order valence-corrected chi connectivity index (χ3v) is 8.77. The van der Waals surface area contributed by atoms with Gasteiger partial charge in [0.15, 0.2) is 0 Å². The zero-order chi connectivity index (χ0) is 29.4. The van der Waals surface area contributed by atoms with E-state index in [4.69, 9.17) is 14.5 Å². The summed E-state index contributed by atoms with van der Waals surface area (Å²) < 4.78 is 27.6. The quantitative estimate of drug-likeness (QED) is 0.292. The minimum absolute atomic E-state index is 0.0677. The molecule has 3 atom stereocenters. The molecule has 1 N–H and O–H groups in total. The van der Waals surface area contributed by atoms with Crippen molar-refractivity contribution in [2.24, 2.45) is 0 Å². The largest absolute Gasteiger partial charge is 0.457 e. The van der Waals surface area contributed by atoms with Crippen molar-refractivity contribution >= 4 is 28.7 Å². The molecule has 0 unspecified atom stereocenters. The number of aryl methyl sites for hydroxylation is 1. The predicted molar refractivity (Wildman–Crippen MR) is 148 cm³/mol. The Bertz CT molecular complexity index is 1780. The molecule has 212 valence electrons. The van der Waals surface area contributed by atoms with E-state index in [1.54, 1.807) is 30.6 Å². The monoisotopic (exact) mass is 559 g/mol. The number of nitrogens with zero attached hydrogens (tertiary/aromatic N) is 2. The molecular formula is C31H30FN3O6. The van der Waals surface area contributed by atoms with Crippen LogP contribution in [0.15, 0.2) is 29.6 Å². The summed E-state index contributed by atoms with van der Waals surface area (Å²) in [4.78, 5) is 56.0. The first-order chi connectivity index (χ1) is 19.5. The zero-order valence-corrected chi connectivity index (χ0v) is 23.4. The summed E-state index contributed by atoms with van der Waals surface area (Å²) >= 11 is 0. The highest BCUT2D eigenvalue weighted by molar-refractivity contribution is 5.94. The maximum absolute atomic E-state index is 15.1. The molecule has 41 heavy (non-hydrogen) atoms. The van der Waals surface area contributed by atoms with Crippen LogP contribution < -0.4 is 10.9 Å². The van der Waals surface area contributed by atoms with Crippen LogP contribution in [-0.4, -0.2) is 33.4 Å². The lowest BCUT2D eigenvalue weighted by Gasteiger charge is -2.35. The van der Waals surface area contributed by atoms with E-state index in [2.05, 4.69) is 11.9 Å². The number of esters is 2. The van der Waals surface area contributed by atoms with Gasteiger partial charge in [-0.2, -0.15) is 0 Å². The predicted octanol–water partition coefficient (Wildman–Crippen LogP) is 3.82. The number of amides is 1. The third kappa shape index (κ3) is 3.76. The molecule has 3 aromatic rings. The van der Waals surface area contributed by atoms with E-state index in [1.807, 2.05) is 0 Å². The molecule has 0 radical (unpaired) electrons. The summed E-state index contributed by atoms with van der Waals surface area (Å²) in [6.45, 7) is 10.0. The molecule has 0 spiro atoms. The Morgan fingerprint density at radius 1 is 1.29 bits per heavy atom. The number of rotatable bonds is 5. The van der Waals surface area contributed by atoms with Gasteiger partial charge in [0.05, 0.1) is 35.1 Å². The number of fused-ring (bicyclic) bond motifs is 5. The van der Waals surface area contributed by atoms with Gasteiger partial charge in [-0.1, -0.05) is 13.0 Å². The van der Waals surface area contributed by atoms with Crippen molar-refractivity contribution in [3.05, 3.63) is 74.3 Å². The van der Waals surface area contributed by atoms with Crippen LogP contribution in [-0.2, 0) is 49.0 Å². The first-order valence-electron chi connectivity index (χ1n) is 13.7. The topological polar surface area (TPSA) is 117 Å². The van der Waals surface area contributed by atoms with Crippen LogP contribution >= 0.6 is 0 Å². The molecule has 6 rings (SSSR count). The number of nitrogens with one attached hydrogen (secondary N) is 1. The molecule has 0 saturated heterocycles. The highest BCUT2D eigenvalue weighted by atomic mass is 19.1. The number of halogens is 1.